The van der Waals surface area contributed by atoms with Gasteiger partial charge in [-0.1, -0.05) is 29.8 Å². The van der Waals surface area contributed by atoms with Gasteiger partial charge in [-0.25, -0.2) is 0 Å². The van der Waals surface area contributed by atoms with Crippen LogP contribution in [0.3, 0.4) is 0 Å². The molecule has 0 unspecified atom stereocenters. The highest BCUT2D eigenvalue weighted by atomic mass is 35.5. The van der Waals surface area contributed by atoms with E-state index in [4.69, 9.17) is 21.1 Å². The third kappa shape index (κ3) is 4.52. The zero-order valence-electron chi connectivity index (χ0n) is 15.2. The van der Waals surface area contributed by atoms with E-state index in [1.54, 1.807) is 30.3 Å². The van der Waals surface area contributed by atoms with Crippen molar-refractivity contribution in [2.75, 3.05) is 18.5 Å². The summed E-state index contributed by atoms with van der Waals surface area (Å²) in [5.41, 5.74) is 0.761. The first-order valence-corrected chi connectivity index (χ1v) is 10.2. The second kappa shape index (κ2) is 8.55. The molecule has 2 heterocycles. The largest absolute Gasteiger partial charge is 0.486 e. The van der Waals surface area contributed by atoms with Crippen molar-refractivity contribution in [1.82, 2.24) is 5.32 Å². The van der Waals surface area contributed by atoms with Gasteiger partial charge in [0.15, 0.2) is 11.5 Å². The van der Waals surface area contributed by atoms with Gasteiger partial charge in [-0.3, -0.25) is 9.59 Å². The lowest BCUT2D eigenvalue weighted by molar-refractivity contribution is 0.0789. The van der Waals surface area contributed by atoms with E-state index >= 15 is 0 Å². The summed E-state index contributed by atoms with van der Waals surface area (Å²) in [6.07, 6.45) is -0.292. The Balaban J connectivity index is 1.38. The summed E-state index contributed by atoms with van der Waals surface area (Å²) in [6, 6.07) is 15.6. The second-order valence-corrected chi connectivity index (χ2v) is 7.69. The molecule has 1 aliphatic heterocycles. The molecule has 0 spiro atoms. The Bertz CT molecular complexity index is 1040. The van der Waals surface area contributed by atoms with Crippen LogP contribution in [0, 0.1) is 0 Å². The van der Waals surface area contributed by atoms with E-state index in [9.17, 15) is 9.59 Å². The summed E-state index contributed by atoms with van der Waals surface area (Å²) in [5, 5.41) is 7.74. The molecular weight excluding hydrogens is 412 g/mol. The fourth-order valence-corrected chi connectivity index (χ4v) is 3.61. The summed E-state index contributed by atoms with van der Waals surface area (Å²) in [7, 11) is 0. The van der Waals surface area contributed by atoms with Crippen molar-refractivity contribution < 1.29 is 19.1 Å². The molecule has 2 aromatic carbocycles. The van der Waals surface area contributed by atoms with Gasteiger partial charge in [0.05, 0.1) is 22.1 Å². The molecule has 0 bridgehead atoms. The zero-order valence-corrected chi connectivity index (χ0v) is 16.8. The fraction of sp³-hybridized carbons (Fsp3) is 0.143. The van der Waals surface area contributed by atoms with Crippen molar-refractivity contribution in [2.45, 2.75) is 6.10 Å². The highest BCUT2D eigenvalue weighted by molar-refractivity contribution is 7.12. The minimum absolute atomic E-state index is 0.272. The fourth-order valence-electron chi connectivity index (χ4n) is 2.83. The van der Waals surface area contributed by atoms with Gasteiger partial charge in [0.2, 0.25) is 0 Å². The Morgan fingerprint density at radius 2 is 1.90 bits per heavy atom. The average Bonchev–Trinajstić information content (AvgIpc) is 3.28. The number of carbonyl (C=O) groups is 2. The molecule has 6 nitrogen and oxygen atoms in total. The molecule has 0 saturated carbocycles. The SMILES string of the molecule is O=C(NC[C@H]1COc2ccccc2O1)c1ccc(Cl)c(NC(=O)c2cccs2)c1. The van der Waals surface area contributed by atoms with Gasteiger partial charge in [-0.2, -0.15) is 0 Å². The normalized spacial score (nSPS) is 14.9. The monoisotopic (exact) mass is 428 g/mol. The van der Waals surface area contributed by atoms with Crippen LogP contribution < -0.4 is 20.1 Å². The minimum Gasteiger partial charge on any atom is -0.486 e. The van der Waals surface area contributed by atoms with Crippen LogP contribution in [0.25, 0.3) is 0 Å². The maximum Gasteiger partial charge on any atom is 0.265 e. The molecule has 2 amide bonds. The highest BCUT2D eigenvalue weighted by Crippen LogP contribution is 2.30. The number of thiophene rings is 1. The Labute approximate surface area is 176 Å². The van der Waals surface area contributed by atoms with Crippen LogP contribution in [-0.2, 0) is 0 Å². The number of nitrogens with one attached hydrogen (secondary N) is 2. The lowest BCUT2D eigenvalue weighted by atomic mass is 10.1. The second-order valence-electron chi connectivity index (χ2n) is 6.33. The summed E-state index contributed by atoms with van der Waals surface area (Å²) in [4.78, 5) is 25.4. The van der Waals surface area contributed by atoms with Gasteiger partial charge >= 0.3 is 0 Å². The molecule has 3 aromatic rings. The quantitative estimate of drug-likeness (QED) is 0.637. The predicted octanol–water partition coefficient (Wildman–Crippen LogP) is 4.22. The number of ether oxygens (including phenoxy) is 2. The molecule has 0 radical (unpaired) electrons. The lowest BCUT2D eigenvalue weighted by Gasteiger charge is -2.26. The van der Waals surface area contributed by atoms with Gasteiger partial charge in [0, 0.05) is 5.56 Å². The number of halogens is 1. The Morgan fingerprint density at radius 1 is 1.07 bits per heavy atom. The summed E-state index contributed by atoms with van der Waals surface area (Å²) in [6.45, 7) is 0.632. The number of hydrogen-bond acceptors (Lipinski definition) is 5. The van der Waals surface area contributed by atoms with E-state index in [1.807, 2.05) is 29.6 Å². The van der Waals surface area contributed by atoms with E-state index in [2.05, 4.69) is 10.6 Å². The van der Waals surface area contributed by atoms with Gasteiger partial charge in [0.25, 0.3) is 11.8 Å². The number of rotatable bonds is 5. The van der Waals surface area contributed by atoms with Crippen molar-refractivity contribution in [3.8, 4) is 11.5 Å². The van der Waals surface area contributed by atoms with Crippen molar-refractivity contribution in [3.63, 3.8) is 0 Å². The summed E-state index contributed by atoms with van der Waals surface area (Å²) in [5.74, 6) is 0.781. The van der Waals surface area contributed by atoms with Crippen LogP contribution in [0.4, 0.5) is 5.69 Å². The molecule has 4 rings (SSSR count). The predicted molar refractivity (Wildman–Crippen MR) is 112 cm³/mol. The van der Waals surface area contributed by atoms with Crippen LogP contribution in [-0.4, -0.2) is 31.1 Å². The standard InChI is InChI=1S/C21H17ClN2O4S/c22-15-8-7-13(10-16(15)24-21(26)19-6-3-9-29-19)20(25)23-11-14-12-27-17-4-1-2-5-18(17)28-14/h1-10,14H,11-12H2,(H,23,25)(H,24,26)/t14-/m0/s1. The van der Waals surface area contributed by atoms with E-state index in [0.29, 0.717) is 39.3 Å². The smallest absolute Gasteiger partial charge is 0.265 e. The molecule has 29 heavy (non-hydrogen) atoms. The maximum atomic E-state index is 12.5. The maximum absolute atomic E-state index is 12.5. The molecule has 0 aliphatic carbocycles. The van der Waals surface area contributed by atoms with Crippen molar-refractivity contribution >= 4 is 40.4 Å². The third-order valence-corrected chi connectivity index (χ3v) is 5.48. The Kier molecular flexibility index (Phi) is 5.69. The topological polar surface area (TPSA) is 76.7 Å². The average molecular weight is 429 g/mol. The first-order valence-electron chi connectivity index (χ1n) is 8.91. The molecule has 148 valence electrons. The van der Waals surface area contributed by atoms with E-state index < -0.39 is 0 Å². The molecule has 0 saturated heterocycles. The molecule has 0 fully saturated rings. The molecular formula is C21H17ClN2O4S. The molecule has 8 heteroatoms. The van der Waals surface area contributed by atoms with Gasteiger partial charge < -0.3 is 20.1 Å². The first kappa shape index (κ1) is 19.3. The van der Waals surface area contributed by atoms with Crippen LogP contribution in [0.5, 0.6) is 11.5 Å². The van der Waals surface area contributed by atoms with E-state index in [0.717, 1.165) is 0 Å². The Morgan fingerprint density at radius 3 is 2.69 bits per heavy atom. The van der Waals surface area contributed by atoms with Crippen molar-refractivity contribution in [3.05, 3.63) is 75.4 Å². The number of fused-ring (bicyclic) bond motifs is 1. The lowest BCUT2D eigenvalue weighted by Crippen LogP contribution is -2.40. The van der Waals surface area contributed by atoms with Gasteiger partial charge in [0.1, 0.15) is 12.7 Å². The van der Waals surface area contributed by atoms with Crippen LogP contribution in [0.2, 0.25) is 5.02 Å². The zero-order chi connectivity index (χ0) is 20.2. The third-order valence-electron chi connectivity index (χ3n) is 4.28. The van der Waals surface area contributed by atoms with Crippen LogP contribution in [0.15, 0.2) is 60.0 Å². The van der Waals surface area contributed by atoms with Gasteiger partial charge in [-0.05, 0) is 41.8 Å². The van der Waals surface area contributed by atoms with E-state index in [1.165, 1.54) is 11.3 Å². The number of hydrogen-bond donors (Lipinski definition) is 2. The number of para-hydroxylation sites is 2. The highest BCUT2D eigenvalue weighted by Gasteiger charge is 2.21. The number of carbonyl (C=O) groups excluding carboxylic acids is 2. The Hall–Kier alpha value is -3.03. The molecule has 2 N–H and O–H groups in total. The molecule has 1 aromatic heterocycles. The van der Waals surface area contributed by atoms with Crippen molar-refractivity contribution in [1.29, 1.82) is 0 Å². The summed E-state index contributed by atoms with van der Waals surface area (Å²) < 4.78 is 11.5. The first-order chi connectivity index (χ1) is 14.1. The molecule has 1 aliphatic rings. The van der Waals surface area contributed by atoms with Crippen LogP contribution >= 0.6 is 22.9 Å². The number of benzene rings is 2. The van der Waals surface area contributed by atoms with Crippen molar-refractivity contribution in [2.24, 2.45) is 0 Å². The number of anilines is 1. The summed E-state index contributed by atoms with van der Waals surface area (Å²) >= 11 is 7.50. The number of amides is 2. The van der Waals surface area contributed by atoms with Gasteiger partial charge in [-0.15, -0.1) is 11.3 Å². The molecule has 1 atom stereocenters. The van der Waals surface area contributed by atoms with Crippen LogP contribution in [0.1, 0.15) is 20.0 Å². The minimum atomic E-state index is -0.296. The van der Waals surface area contributed by atoms with E-state index in [-0.39, 0.29) is 24.5 Å².